The fraction of sp³-hybridized carbons (Fsp3) is 0.571. The van der Waals surface area contributed by atoms with Gasteiger partial charge in [0.2, 0.25) is 0 Å². The second-order valence-electron chi connectivity index (χ2n) is 4.36. The highest BCUT2D eigenvalue weighted by molar-refractivity contribution is 5.23. The van der Waals surface area contributed by atoms with Crippen LogP contribution in [0.2, 0.25) is 0 Å². The highest BCUT2D eigenvalue weighted by Gasteiger charge is 1.98. The Balaban J connectivity index is 2.11. The molecule has 0 saturated heterocycles. The van der Waals surface area contributed by atoms with Crippen molar-refractivity contribution in [3.63, 3.8) is 0 Å². The van der Waals surface area contributed by atoms with Crippen molar-refractivity contribution < 1.29 is 4.39 Å². The molecule has 0 fully saturated rings. The monoisotopic (exact) mass is 238 g/mol. The molecular formula is C14H23FN2. The zero-order chi connectivity index (χ0) is 12.5. The number of hydrogen-bond acceptors (Lipinski definition) is 2. The van der Waals surface area contributed by atoms with E-state index < -0.39 is 0 Å². The van der Waals surface area contributed by atoms with E-state index in [1.807, 2.05) is 12.1 Å². The first kappa shape index (κ1) is 14.1. The quantitative estimate of drug-likeness (QED) is 0.680. The van der Waals surface area contributed by atoms with Gasteiger partial charge >= 0.3 is 0 Å². The summed E-state index contributed by atoms with van der Waals surface area (Å²) in [5, 5.41) is 6.67. The zero-order valence-electron chi connectivity index (χ0n) is 10.9. The summed E-state index contributed by atoms with van der Waals surface area (Å²) in [5.74, 6) is -0.117. The van der Waals surface area contributed by atoms with Crippen LogP contribution in [-0.2, 0) is 6.54 Å². The number of benzene rings is 1. The topological polar surface area (TPSA) is 24.1 Å². The molecule has 96 valence electrons. The van der Waals surface area contributed by atoms with Crippen LogP contribution in [0.3, 0.4) is 0 Å². The first-order chi connectivity index (χ1) is 8.24. The van der Waals surface area contributed by atoms with Gasteiger partial charge in [-0.25, -0.2) is 4.39 Å². The molecule has 0 radical (unpaired) electrons. The minimum absolute atomic E-state index is 0.117. The summed E-state index contributed by atoms with van der Waals surface area (Å²) >= 11 is 0. The van der Waals surface area contributed by atoms with Crippen molar-refractivity contribution in [3.05, 3.63) is 35.1 Å². The zero-order valence-corrected chi connectivity index (χ0v) is 10.9. The van der Waals surface area contributed by atoms with E-state index in [1.165, 1.54) is 6.42 Å². The summed E-state index contributed by atoms with van der Waals surface area (Å²) in [6, 6.07) is 5.41. The molecule has 17 heavy (non-hydrogen) atoms. The lowest BCUT2D eigenvalue weighted by Crippen LogP contribution is -2.22. The third-order valence-electron chi connectivity index (χ3n) is 2.70. The highest BCUT2D eigenvalue weighted by atomic mass is 19.1. The third kappa shape index (κ3) is 5.80. The van der Waals surface area contributed by atoms with Gasteiger partial charge in [-0.2, -0.15) is 0 Å². The predicted octanol–water partition coefficient (Wildman–Crippen LogP) is 2.61. The van der Waals surface area contributed by atoms with Gasteiger partial charge in [0.1, 0.15) is 5.82 Å². The molecule has 1 aromatic rings. The molecule has 0 unspecified atom stereocenters. The Morgan fingerprint density at radius 1 is 1.12 bits per heavy atom. The molecule has 2 N–H and O–H groups in total. The second kappa shape index (κ2) is 8.20. The summed E-state index contributed by atoms with van der Waals surface area (Å²) in [6.07, 6.45) is 2.28. The Kier molecular flexibility index (Phi) is 6.82. The molecule has 0 amide bonds. The van der Waals surface area contributed by atoms with E-state index in [1.54, 1.807) is 13.0 Å². The van der Waals surface area contributed by atoms with Crippen LogP contribution < -0.4 is 10.6 Å². The minimum atomic E-state index is -0.117. The first-order valence-corrected chi connectivity index (χ1v) is 6.40. The van der Waals surface area contributed by atoms with Crippen molar-refractivity contribution in [3.8, 4) is 0 Å². The van der Waals surface area contributed by atoms with Crippen LogP contribution in [0.25, 0.3) is 0 Å². The van der Waals surface area contributed by atoms with Gasteiger partial charge in [-0.05, 0) is 56.6 Å². The van der Waals surface area contributed by atoms with E-state index in [0.29, 0.717) is 5.56 Å². The Hall–Kier alpha value is -0.930. The minimum Gasteiger partial charge on any atom is -0.317 e. The maximum atomic E-state index is 13.3. The fourth-order valence-corrected chi connectivity index (χ4v) is 1.62. The van der Waals surface area contributed by atoms with E-state index in [-0.39, 0.29) is 5.82 Å². The molecule has 0 spiro atoms. The van der Waals surface area contributed by atoms with Gasteiger partial charge < -0.3 is 10.6 Å². The van der Waals surface area contributed by atoms with E-state index >= 15 is 0 Å². The molecule has 0 aliphatic rings. The van der Waals surface area contributed by atoms with E-state index in [0.717, 1.165) is 38.2 Å². The van der Waals surface area contributed by atoms with Gasteiger partial charge in [-0.1, -0.05) is 19.1 Å². The van der Waals surface area contributed by atoms with Gasteiger partial charge in [0.05, 0.1) is 0 Å². The molecule has 0 bridgehead atoms. The molecule has 0 aromatic heterocycles. The van der Waals surface area contributed by atoms with Gasteiger partial charge in [0, 0.05) is 6.54 Å². The number of rotatable bonds is 8. The molecule has 3 heteroatoms. The molecule has 0 atom stereocenters. The lowest BCUT2D eigenvalue weighted by molar-refractivity contribution is 0.586. The van der Waals surface area contributed by atoms with Crippen molar-refractivity contribution in [2.24, 2.45) is 0 Å². The maximum absolute atomic E-state index is 13.3. The number of aryl methyl sites for hydroxylation is 1. The summed E-state index contributed by atoms with van der Waals surface area (Å²) in [5.41, 5.74) is 1.71. The standard InChI is InChI=1S/C14H23FN2/c1-3-7-16-8-4-9-17-11-13-6-5-12(2)14(15)10-13/h5-6,10,16-17H,3-4,7-9,11H2,1-2H3. The summed E-state index contributed by atoms with van der Waals surface area (Å²) in [4.78, 5) is 0. The van der Waals surface area contributed by atoms with E-state index in [2.05, 4.69) is 17.6 Å². The summed E-state index contributed by atoms with van der Waals surface area (Å²) in [6.45, 7) is 7.78. The maximum Gasteiger partial charge on any atom is 0.126 e. The van der Waals surface area contributed by atoms with Crippen molar-refractivity contribution in [1.82, 2.24) is 10.6 Å². The lowest BCUT2D eigenvalue weighted by atomic mass is 10.1. The molecular weight excluding hydrogens is 215 g/mol. The lowest BCUT2D eigenvalue weighted by Gasteiger charge is -2.06. The van der Waals surface area contributed by atoms with E-state index in [9.17, 15) is 4.39 Å². The van der Waals surface area contributed by atoms with Crippen molar-refractivity contribution in [2.45, 2.75) is 33.2 Å². The van der Waals surface area contributed by atoms with Gasteiger partial charge in [0.15, 0.2) is 0 Å². The Bertz CT molecular complexity index is 326. The average molecular weight is 238 g/mol. The Morgan fingerprint density at radius 3 is 2.59 bits per heavy atom. The van der Waals surface area contributed by atoms with Crippen LogP contribution in [-0.4, -0.2) is 19.6 Å². The Morgan fingerprint density at radius 2 is 1.88 bits per heavy atom. The molecule has 1 rings (SSSR count). The van der Waals surface area contributed by atoms with Crippen LogP contribution in [0.4, 0.5) is 4.39 Å². The smallest absolute Gasteiger partial charge is 0.126 e. The largest absolute Gasteiger partial charge is 0.317 e. The van der Waals surface area contributed by atoms with Crippen LogP contribution in [0.1, 0.15) is 30.9 Å². The van der Waals surface area contributed by atoms with Gasteiger partial charge in [0.25, 0.3) is 0 Å². The molecule has 0 heterocycles. The van der Waals surface area contributed by atoms with E-state index in [4.69, 9.17) is 0 Å². The van der Waals surface area contributed by atoms with Crippen molar-refractivity contribution in [1.29, 1.82) is 0 Å². The van der Waals surface area contributed by atoms with Gasteiger partial charge in [-0.3, -0.25) is 0 Å². The second-order valence-corrected chi connectivity index (χ2v) is 4.36. The molecule has 2 nitrogen and oxygen atoms in total. The fourth-order valence-electron chi connectivity index (χ4n) is 1.62. The summed E-state index contributed by atoms with van der Waals surface area (Å²) < 4.78 is 13.3. The Labute approximate surface area is 104 Å². The number of nitrogens with one attached hydrogen (secondary N) is 2. The highest BCUT2D eigenvalue weighted by Crippen LogP contribution is 2.08. The molecule has 0 aliphatic heterocycles. The third-order valence-corrected chi connectivity index (χ3v) is 2.70. The molecule has 1 aromatic carbocycles. The van der Waals surface area contributed by atoms with Crippen LogP contribution in [0.15, 0.2) is 18.2 Å². The van der Waals surface area contributed by atoms with Crippen molar-refractivity contribution in [2.75, 3.05) is 19.6 Å². The SMILES string of the molecule is CCCNCCCNCc1ccc(C)c(F)c1. The van der Waals surface area contributed by atoms with Gasteiger partial charge in [-0.15, -0.1) is 0 Å². The first-order valence-electron chi connectivity index (χ1n) is 6.40. The number of hydrogen-bond donors (Lipinski definition) is 2. The van der Waals surface area contributed by atoms with Crippen LogP contribution in [0, 0.1) is 12.7 Å². The predicted molar refractivity (Wildman–Crippen MR) is 70.6 cm³/mol. The van der Waals surface area contributed by atoms with Crippen LogP contribution in [0.5, 0.6) is 0 Å². The molecule has 0 aliphatic carbocycles. The number of halogens is 1. The van der Waals surface area contributed by atoms with Crippen molar-refractivity contribution >= 4 is 0 Å². The average Bonchev–Trinajstić information content (AvgIpc) is 2.32. The summed E-state index contributed by atoms with van der Waals surface area (Å²) in [7, 11) is 0. The van der Waals surface area contributed by atoms with Crippen LogP contribution >= 0.6 is 0 Å². The normalized spacial score (nSPS) is 10.8. The molecule has 0 saturated carbocycles.